The molecule has 0 bridgehead atoms. The smallest absolute Gasteiger partial charge is 0.276 e. The van der Waals surface area contributed by atoms with Crippen molar-refractivity contribution in [1.82, 2.24) is 9.78 Å². The second kappa shape index (κ2) is 3.44. The molecule has 1 aromatic rings. The van der Waals surface area contributed by atoms with Gasteiger partial charge in [-0.3, -0.25) is 4.68 Å². The molecule has 0 spiro atoms. The average Bonchev–Trinajstić information content (AvgIpc) is 2.59. The van der Waals surface area contributed by atoms with Gasteiger partial charge in [0.05, 0.1) is 13.2 Å². The third-order valence-electron chi connectivity index (χ3n) is 2.39. The summed E-state index contributed by atoms with van der Waals surface area (Å²) in [6.07, 6.45) is 0.711. The Morgan fingerprint density at radius 3 is 2.87 bits per heavy atom. The molecule has 1 aliphatic carbocycles. The van der Waals surface area contributed by atoms with Crippen LogP contribution in [0.4, 0.5) is 14.6 Å². The van der Waals surface area contributed by atoms with Crippen LogP contribution >= 0.6 is 0 Å². The number of halogens is 2. The maximum absolute atomic E-state index is 12.4. The first kappa shape index (κ1) is 10.4. The normalized spacial score (nSPS) is 23.0. The van der Waals surface area contributed by atoms with Crippen LogP contribution in [0.5, 0.6) is 0 Å². The Hall–Kier alpha value is -1.17. The molecule has 0 saturated heterocycles. The predicted octanol–water partition coefficient (Wildman–Crippen LogP) is 1.20. The summed E-state index contributed by atoms with van der Waals surface area (Å²) in [5, 5.41) is 3.99. The zero-order valence-corrected chi connectivity index (χ0v) is 8.41. The molecule has 4 nitrogen and oxygen atoms in total. The van der Waals surface area contributed by atoms with Crippen LogP contribution in [-0.4, -0.2) is 28.4 Å². The average molecular weight is 217 g/mol. The van der Waals surface area contributed by atoms with E-state index >= 15 is 0 Å². The van der Waals surface area contributed by atoms with Crippen LogP contribution in [0, 0.1) is 6.92 Å². The van der Waals surface area contributed by atoms with Crippen molar-refractivity contribution in [2.24, 2.45) is 0 Å². The van der Waals surface area contributed by atoms with E-state index in [0.717, 1.165) is 5.56 Å². The SMILES string of the molecule is Cc1cn(CCOC2CC2(F)F)nc1N. The molecule has 6 heteroatoms. The summed E-state index contributed by atoms with van der Waals surface area (Å²) in [4.78, 5) is 0. The minimum Gasteiger partial charge on any atom is -0.382 e. The molecule has 0 aliphatic heterocycles. The fraction of sp³-hybridized carbons (Fsp3) is 0.667. The second-order valence-corrected chi connectivity index (χ2v) is 3.79. The number of aromatic nitrogens is 2. The zero-order valence-electron chi connectivity index (χ0n) is 8.41. The summed E-state index contributed by atoms with van der Waals surface area (Å²) >= 11 is 0. The summed E-state index contributed by atoms with van der Waals surface area (Å²) < 4.78 is 31.4. The van der Waals surface area contributed by atoms with Gasteiger partial charge in [-0.05, 0) is 6.92 Å². The lowest BCUT2D eigenvalue weighted by atomic mass is 10.4. The van der Waals surface area contributed by atoms with Gasteiger partial charge >= 0.3 is 0 Å². The van der Waals surface area contributed by atoms with Crippen LogP contribution < -0.4 is 5.73 Å². The van der Waals surface area contributed by atoms with E-state index in [1.54, 1.807) is 10.9 Å². The van der Waals surface area contributed by atoms with Gasteiger partial charge in [-0.15, -0.1) is 0 Å². The van der Waals surface area contributed by atoms with Gasteiger partial charge in [0.25, 0.3) is 5.92 Å². The first-order valence-corrected chi connectivity index (χ1v) is 4.78. The molecule has 84 valence electrons. The Bertz CT molecular complexity index is 345. The van der Waals surface area contributed by atoms with Crippen molar-refractivity contribution in [3.8, 4) is 0 Å². The third kappa shape index (κ3) is 2.26. The van der Waals surface area contributed by atoms with E-state index in [2.05, 4.69) is 5.10 Å². The lowest BCUT2D eigenvalue weighted by Gasteiger charge is -2.02. The Balaban J connectivity index is 1.75. The number of rotatable bonds is 4. The van der Waals surface area contributed by atoms with Crippen LogP contribution in [0.2, 0.25) is 0 Å². The molecular formula is C9H13F2N3O. The Morgan fingerprint density at radius 1 is 1.73 bits per heavy atom. The van der Waals surface area contributed by atoms with Gasteiger partial charge in [0, 0.05) is 18.2 Å². The molecule has 1 fully saturated rings. The molecule has 1 unspecified atom stereocenters. The molecule has 2 N–H and O–H groups in total. The molecule has 1 atom stereocenters. The van der Waals surface area contributed by atoms with Crippen molar-refractivity contribution in [2.75, 3.05) is 12.3 Å². The number of hydrogen-bond acceptors (Lipinski definition) is 3. The van der Waals surface area contributed by atoms with Gasteiger partial charge in [0.1, 0.15) is 11.9 Å². The van der Waals surface area contributed by atoms with Crippen LogP contribution in [0.1, 0.15) is 12.0 Å². The molecule has 0 radical (unpaired) electrons. The number of nitrogen functional groups attached to an aromatic ring is 1. The minimum absolute atomic E-state index is 0.159. The number of hydrogen-bond donors (Lipinski definition) is 1. The number of nitrogens with two attached hydrogens (primary N) is 1. The number of aryl methyl sites for hydroxylation is 1. The Morgan fingerprint density at radius 2 is 2.40 bits per heavy atom. The number of ether oxygens (including phenoxy) is 1. The highest BCUT2D eigenvalue weighted by molar-refractivity contribution is 5.35. The molecular weight excluding hydrogens is 204 g/mol. The molecule has 0 amide bonds. The van der Waals surface area contributed by atoms with Crippen molar-refractivity contribution in [3.05, 3.63) is 11.8 Å². The van der Waals surface area contributed by atoms with Gasteiger partial charge < -0.3 is 10.5 Å². The fourth-order valence-electron chi connectivity index (χ4n) is 1.31. The van der Waals surface area contributed by atoms with Crippen molar-refractivity contribution >= 4 is 5.82 Å². The largest absolute Gasteiger partial charge is 0.382 e. The maximum Gasteiger partial charge on any atom is 0.276 e. The Labute approximate surface area is 86.0 Å². The van der Waals surface area contributed by atoms with Gasteiger partial charge in [0.15, 0.2) is 0 Å². The van der Waals surface area contributed by atoms with E-state index in [1.807, 2.05) is 6.92 Å². The van der Waals surface area contributed by atoms with E-state index in [-0.39, 0.29) is 13.0 Å². The standard InChI is InChI=1S/C9H13F2N3O/c1-6-5-14(13-8(6)12)2-3-15-7-4-9(7,10)11/h5,7H,2-4H2,1H3,(H2,12,13). The van der Waals surface area contributed by atoms with Crippen LogP contribution in [-0.2, 0) is 11.3 Å². The molecule has 1 aliphatic rings. The maximum atomic E-state index is 12.4. The fourth-order valence-corrected chi connectivity index (χ4v) is 1.31. The topological polar surface area (TPSA) is 53.1 Å². The van der Waals surface area contributed by atoms with Crippen LogP contribution in [0.3, 0.4) is 0 Å². The first-order chi connectivity index (χ1) is 6.99. The van der Waals surface area contributed by atoms with E-state index < -0.39 is 12.0 Å². The van der Waals surface area contributed by atoms with Gasteiger partial charge in [-0.1, -0.05) is 0 Å². The highest BCUT2D eigenvalue weighted by Gasteiger charge is 2.58. The van der Waals surface area contributed by atoms with Crippen molar-refractivity contribution in [3.63, 3.8) is 0 Å². The molecule has 1 aromatic heterocycles. The zero-order chi connectivity index (χ0) is 11.1. The van der Waals surface area contributed by atoms with Gasteiger partial charge in [-0.2, -0.15) is 5.10 Å². The summed E-state index contributed by atoms with van der Waals surface area (Å²) in [6, 6.07) is 0. The predicted molar refractivity (Wildman–Crippen MR) is 50.7 cm³/mol. The summed E-state index contributed by atoms with van der Waals surface area (Å²) in [5.74, 6) is -2.15. The van der Waals surface area contributed by atoms with E-state index in [1.165, 1.54) is 0 Å². The molecule has 2 rings (SSSR count). The minimum atomic E-state index is -2.61. The lowest BCUT2D eigenvalue weighted by Crippen LogP contribution is -2.11. The summed E-state index contributed by atoms with van der Waals surface area (Å²) in [5.41, 5.74) is 6.42. The molecule has 0 aromatic carbocycles. The summed E-state index contributed by atoms with van der Waals surface area (Å²) in [7, 11) is 0. The molecule has 1 saturated carbocycles. The quantitative estimate of drug-likeness (QED) is 0.824. The van der Waals surface area contributed by atoms with Crippen LogP contribution in [0.15, 0.2) is 6.20 Å². The highest BCUT2D eigenvalue weighted by atomic mass is 19.3. The molecule has 15 heavy (non-hydrogen) atoms. The van der Waals surface area contributed by atoms with Gasteiger partial charge in [0.2, 0.25) is 0 Å². The third-order valence-corrected chi connectivity index (χ3v) is 2.39. The van der Waals surface area contributed by atoms with Gasteiger partial charge in [-0.25, -0.2) is 8.78 Å². The van der Waals surface area contributed by atoms with E-state index in [4.69, 9.17) is 10.5 Å². The van der Waals surface area contributed by atoms with Crippen LogP contribution in [0.25, 0.3) is 0 Å². The Kier molecular flexibility index (Phi) is 2.38. The number of alkyl halides is 2. The van der Waals surface area contributed by atoms with Crippen molar-refractivity contribution in [1.29, 1.82) is 0 Å². The lowest BCUT2D eigenvalue weighted by molar-refractivity contribution is 0.0100. The summed E-state index contributed by atoms with van der Waals surface area (Å²) in [6.45, 7) is 2.53. The second-order valence-electron chi connectivity index (χ2n) is 3.79. The molecule has 1 heterocycles. The van der Waals surface area contributed by atoms with Crippen molar-refractivity contribution in [2.45, 2.75) is 31.9 Å². The first-order valence-electron chi connectivity index (χ1n) is 4.78. The van der Waals surface area contributed by atoms with Crippen molar-refractivity contribution < 1.29 is 13.5 Å². The van der Waals surface area contributed by atoms with E-state index in [9.17, 15) is 8.78 Å². The number of anilines is 1. The number of nitrogens with zero attached hydrogens (tertiary/aromatic N) is 2. The highest BCUT2D eigenvalue weighted by Crippen LogP contribution is 2.44. The van der Waals surface area contributed by atoms with E-state index in [0.29, 0.717) is 12.4 Å². The monoisotopic (exact) mass is 217 g/mol.